The Morgan fingerprint density at radius 1 is 0.309 bits per heavy atom. The summed E-state index contributed by atoms with van der Waals surface area (Å²) in [5.74, 6) is -0.914. The summed E-state index contributed by atoms with van der Waals surface area (Å²) in [5, 5.41) is 0. The van der Waals surface area contributed by atoms with E-state index in [0.717, 1.165) is 116 Å². The van der Waals surface area contributed by atoms with Gasteiger partial charge >= 0.3 is 17.9 Å². The average molecular weight is 950 g/mol. The minimum atomic E-state index is -0.790. The molecular weight excluding hydrogens is 841 g/mol. The zero-order valence-electron chi connectivity index (χ0n) is 44.9. The van der Waals surface area contributed by atoms with Crippen LogP contribution in [0.25, 0.3) is 0 Å². The lowest BCUT2D eigenvalue weighted by Gasteiger charge is -2.18. The SMILES string of the molecule is CC/C=C\C/C=C\C/C=C\C/C=C\CCCCCCC(=O)OCC(COC(=O)CCCCCCC/C=C\C/C=C\CCCCCC)OC(=O)CCCCCCCCCCCCCCCCCCC. The number of hydrogen-bond donors (Lipinski definition) is 0. The van der Waals surface area contributed by atoms with Crippen molar-refractivity contribution in [1.82, 2.24) is 0 Å². The molecule has 68 heavy (non-hydrogen) atoms. The van der Waals surface area contributed by atoms with Gasteiger partial charge in [-0.05, 0) is 89.9 Å². The van der Waals surface area contributed by atoms with E-state index in [1.54, 1.807) is 0 Å². The molecule has 0 aliphatic carbocycles. The Labute approximate surface area is 421 Å². The maximum atomic E-state index is 12.9. The smallest absolute Gasteiger partial charge is 0.306 e. The number of unbranched alkanes of at least 4 members (excludes halogenated alkanes) is 29. The molecule has 0 aromatic carbocycles. The standard InChI is InChI=1S/C62H108O6/c1-4-7-10-13-16-19-22-25-28-31-34-37-40-43-46-49-52-55-61(64)67-58-59(57-66-60(63)54-51-48-45-42-39-36-33-30-27-24-21-18-15-12-9-6-3)68-62(65)56-53-50-47-44-41-38-35-32-29-26-23-20-17-14-11-8-5-2/h7,10,16,19,21,24-25,28,30,33-34,37,59H,4-6,8-9,11-15,17-18,20,22-23,26-27,29,31-32,35-36,38-58H2,1-3H3/b10-7-,19-16-,24-21-,28-25-,33-30-,37-34-. The minimum Gasteiger partial charge on any atom is -0.462 e. The van der Waals surface area contributed by atoms with Crippen LogP contribution in [0.5, 0.6) is 0 Å². The molecule has 6 nitrogen and oxygen atoms in total. The van der Waals surface area contributed by atoms with Gasteiger partial charge in [0.15, 0.2) is 6.10 Å². The van der Waals surface area contributed by atoms with Crippen molar-refractivity contribution in [3.63, 3.8) is 0 Å². The number of rotatable bonds is 52. The Bertz CT molecular complexity index is 1270. The highest BCUT2D eigenvalue weighted by atomic mass is 16.6. The van der Waals surface area contributed by atoms with Crippen molar-refractivity contribution in [3.8, 4) is 0 Å². The molecule has 6 heteroatoms. The van der Waals surface area contributed by atoms with Crippen molar-refractivity contribution in [2.24, 2.45) is 0 Å². The minimum absolute atomic E-state index is 0.0887. The van der Waals surface area contributed by atoms with Gasteiger partial charge in [0.1, 0.15) is 13.2 Å². The van der Waals surface area contributed by atoms with Crippen molar-refractivity contribution < 1.29 is 28.6 Å². The van der Waals surface area contributed by atoms with E-state index in [1.165, 1.54) is 128 Å². The topological polar surface area (TPSA) is 78.9 Å². The summed E-state index contributed by atoms with van der Waals surface area (Å²) < 4.78 is 16.9. The van der Waals surface area contributed by atoms with Crippen LogP contribution in [0, 0.1) is 0 Å². The summed E-state index contributed by atoms with van der Waals surface area (Å²) in [6.45, 7) is 6.50. The molecule has 0 N–H and O–H groups in total. The first-order valence-corrected chi connectivity index (χ1v) is 28.9. The van der Waals surface area contributed by atoms with Crippen LogP contribution in [0.3, 0.4) is 0 Å². The summed E-state index contributed by atoms with van der Waals surface area (Å²) in [6.07, 6.45) is 71.7. The van der Waals surface area contributed by atoms with Crippen LogP contribution >= 0.6 is 0 Å². The summed E-state index contributed by atoms with van der Waals surface area (Å²) in [6, 6.07) is 0. The average Bonchev–Trinajstić information content (AvgIpc) is 3.34. The number of allylic oxidation sites excluding steroid dienone is 12. The summed E-state index contributed by atoms with van der Waals surface area (Å²) in [4.78, 5) is 38.2. The molecule has 0 bridgehead atoms. The molecule has 0 saturated heterocycles. The predicted octanol–water partition coefficient (Wildman–Crippen LogP) is 19.4. The van der Waals surface area contributed by atoms with Crippen LogP contribution in [0.2, 0.25) is 0 Å². The van der Waals surface area contributed by atoms with Gasteiger partial charge in [0.25, 0.3) is 0 Å². The highest BCUT2D eigenvalue weighted by Crippen LogP contribution is 2.16. The molecule has 0 fully saturated rings. The van der Waals surface area contributed by atoms with E-state index in [1.807, 2.05) is 0 Å². The molecular formula is C62H108O6. The van der Waals surface area contributed by atoms with Crippen molar-refractivity contribution in [3.05, 3.63) is 72.9 Å². The van der Waals surface area contributed by atoms with Crippen LogP contribution < -0.4 is 0 Å². The lowest BCUT2D eigenvalue weighted by molar-refractivity contribution is -0.167. The van der Waals surface area contributed by atoms with Gasteiger partial charge in [-0.15, -0.1) is 0 Å². The highest BCUT2D eigenvalue weighted by molar-refractivity contribution is 5.71. The van der Waals surface area contributed by atoms with Crippen LogP contribution in [-0.2, 0) is 28.6 Å². The van der Waals surface area contributed by atoms with Gasteiger partial charge in [-0.3, -0.25) is 14.4 Å². The molecule has 0 saturated carbocycles. The monoisotopic (exact) mass is 949 g/mol. The fraction of sp³-hybridized carbons (Fsp3) is 0.758. The van der Waals surface area contributed by atoms with E-state index in [9.17, 15) is 14.4 Å². The zero-order valence-corrected chi connectivity index (χ0v) is 44.9. The molecule has 0 amide bonds. The van der Waals surface area contributed by atoms with E-state index >= 15 is 0 Å². The largest absolute Gasteiger partial charge is 0.462 e. The Morgan fingerprint density at radius 2 is 0.574 bits per heavy atom. The summed E-state index contributed by atoms with van der Waals surface area (Å²) >= 11 is 0. The molecule has 0 radical (unpaired) electrons. The van der Waals surface area contributed by atoms with Gasteiger partial charge < -0.3 is 14.2 Å². The molecule has 0 rings (SSSR count). The molecule has 392 valence electrons. The van der Waals surface area contributed by atoms with Gasteiger partial charge in [-0.1, -0.05) is 248 Å². The third kappa shape index (κ3) is 53.8. The first kappa shape index (κ1) is 64.8. The molecule has 1 atom stereocenters. The number of ether oxygens (including phenoxy) is 3. The second-order valence-corrected chi connectivity index (χ2v) is 19.2. The molecule has 1 unspecified atom stereocenters. The molecule has 0 spiro atoms. The normalized spacial score (nSPS) is 12.6. The summed E-state index contributed by atoms with van der Waals surface area (Å²) in [5.41, 5.74) is 0. The maximum absolute atomic E-state index is 12.9. The van der Waals surface area contributed by atoms with Gasteiger partial charge in [-0.25, -0.2) is 0 Å². The number of hydrogen-bond acceptors (Lipinski definition) is 6. The first-order valence-electron chi connectivity index (χ1n) is 28.9. The van der Waals surface area contributed by atoms with Gasteiger partial charge in [-0.2, -0.15) is 0 Å². The van der Waals surface area contributed by atoms with Gasteiger partial charge in [0, 0.05) is 19.3 Å². The molecule has 0 aliphatic rings. The van der Waals surface area contributed by atoms with E-state index in [2.05, 4.69) is 93.7 Å². The van der Waals surface area contributed by atoms with Crippen LogP contribution in [0.4, 0.5) is 0 Å². The Hall–Kier alpha value is -3.15. The lowest BCUT2D eigenvalue weighted by atomic mass is 10.0. The quantitative estimate of drug-likeness (QED) is 0.0262. The zero-order chi connectivity index (χ0) is 49.3. The second kappa shape index (κ2) is 56.4. The number of carbonyl (C=O) groups excluding carboxylic acids is 3. The Morgan fingerprint density at radius 3 is 0.912 bits per heavy atom. The Balaban J connectivity index is 4.43. The first-order chi connectivity index (χ1) is 33.5. The van der Waals surface area contributed by atoms with Crippen molar-refractivity contribution in [2.75, 3.05) is 13.2 Å². The van der Waals surface area contributed by atoms with Crippen molar-refractivity contribution >= 4 is 17.9 Å². The van der Waals surface area contributed by atoms with Gasteiger partial charge in [0.2, 0.25) is 0 Å². The molecule has 0 heterocycles. The van der Waals surface area contributed by atoms with E-state index in [4.69, 9.17) is 14.2 Å². The van der Waals surface area contributed by atoms with E-state index in [-0.39, 0.29) is 31.1 Å². The van der Waals surface area contributed by atoms with E-state index < -0.39 is 6.10 Å². The van der Waals surface area contributed by atoms with Crippen molar-refractivity contribution in [2.45, 2.75) is 290 Å². The van der Waals surface area contributed by atoms with Crippen LogP contribution in [0.1, 0.15) is 284 Å². The number of esters is 3. The fourth-order valence-electron chi connectivity index (χ4n) is 8.11. The third-order valence-corrected chi connectivity index (χ3v) is 12.4. The fourth-order valence-corrected chi connectivity index (χ4v) is 8.11. The van der Waals surface area contributed by atoms with Gasteiger partial charge in [0.05, 0.1) is 0 Å². The molecule has 0 aromatic heterocycles. The second-order valence-electron chi connectivity index (χ2n) is 19.2. The van der Waals surface area contributed by atoms with E-state index in [0.29, 0.717) is 19.3 Å². The predicted molar refractivity (Wildman–Crippen MR) is 293 cm³/mol. The van der Waals surface area contributed by atoms with Crippen molar-refractivity contribution in [1.29, 1.82) is 0 Å². The molecule has 0 aliphatic heterocycles. The third-order valence-electron chi connectivity index (χ3n) is 12.4. The van der Waals surface area contributed by atoms with Crippen LogP contribution in [-0.4, -0.2) is 37.2 Å². The summed E-state index contributed by atoms with van der Waals surface area (Å²) in [7, 11) is 0. The Kier molecular flexibility index (Phi) is 53.8. The highest BCUT2D eigenvalue weighted by Gasteiger charge is 2.19. The molecule has 0 aromatic rings. The van der Waals surface area contributed by atoms with Crippen LogP contribution in [0.15, 0.2) is 72.9 Å². The number of carbonyl (C=O) groups is 3. The maximum Gasteiger partial charge on any atom is 0.306 e. The lowest BCUT2D eigenvalue weighted by Crippen LogP contribution is -2.30.